The van der Waals surface area contributed by atoms with E-state index in [-0.39, 0.29) is 11.6 Å². The van der Waals surface area contributed by atoms with Gasteiger partial charge in [-0.1, -0.05) is 48.5 Å². The Morgan fingerprint density at radius 1 is 0.893 bits per heavy atom. The summed E-state index contributed by atoms with van der Waals surface area (Å²) in [4.78, 5) is 27.1. The van der Waals surface area contributed by atoms with E-state index in [4.69, 9.17) is 0 Å². The zero-order valence-electron chi connectivity index (χ0n) is 15.6. The summed E-state index contributed by atoms with van der Waals surface area (Å²) in [7, 11) is 0. The molecule has 0 radical (unpaired) electrons. The van der Waals surface area contributed by atoms with E-state index in [0.29, 0.717) is 24.2 Å². The van der Waals surface area contributed by atoms with Crippen LogP contribution in [0, 0.1) is 5.82 Å². The van der Waals surface area contributed by atoms with Crippen molar-refractivity contribution in [2.24, 2.45) is 0 Å². The normalized spacial score (nSPS) is 10.4. The van der Waals surface area contributed by atoms with Gasteiger partial charge in [0, 0.05) is 24.2 Å². The van der Waals surface area contributed by atoms with Crippen molar-refractivity contribution in [2.75, 3.05) is 11.9 Å². The first-order valence-electron chi connectivity index (χ1n) is 9.07. The molecule has 28 heavy (non-hydrogen) atoms. The number of amides is 2. The lowest BCUT2D eigenvalue weighted by Gasteiger charge is -2.21. The van der Waals surface area contributed by atoms with Gasteiger partial charge in [0.1, 0.15) is 5.82 Å². The second kappa shape index (κ2) is 8.95. The van der Waals surface area contributed by atoms with Crippen LogP contribution in [0.1, 0.15) is 33.2 Å². The molecule has 0 atom stereocenters. The third-order valence-electron chi connectivity index (χ3n) is 4.38. The molecule has 1 N–H and O–H groups in total. The van der Waals surface area contributed by atoms with Gasteiger partial charge in [0.05, 0.1) is 5.69 Å². The van der Waals surface area contributed by atoms with E-state index in [1.54, 1.807) is 35.2 Å². The van der Waals surface area contributed by atoms with Crippen LogP contribution in [-0.2, 0) is 6.54 Å². The van der Waals surface area contributed by atoms with E-state index in [9.17, 15) is 14.0 Å². The van der Waals surface area contributed by atoms with Gasteiger partial charge in [0.25, 0.3) is 11.8 Å². The third-order valence-corrected chi connectivity index (χ3v) is 4.38. The molecule has 0 spiro atoms. The van der Waals surface area contributed by atoms with Crippen LogP contribution in [0.3, 0.4) is 0 Å². The van der Waals surface area contributed by atoms with Crippen molar-refractivity contribution in [3.63, 3.8) is 0 Å². The van der Waals surface area contributed by atoms with Gasteiger partial charge in [-0.25, -0.2) is 4.39 Å². The largest absolute Gasteiger partial charge is 0.335 e. The Labute approximate surface area is 163 Å². The van der Waals surface area contributed by atoms with Gasteiger partial charge < -0.3 is 10.2 Å². The zero-order chi connectivity index (χ0) is 19.9. The summed E-state index contributed by atoms with van der Waals surface area (Å²) in [5.41, 5.74) is 1.85. The van der Waals surface area contributed by atoms with Gasteiger partial charge in [-0.05, 0) is 42.8 Å². The molecular weight excluding hydrogens is 355 g/mol. The molecule has 0 aromatic heterocycles. The number of para-hydroxylation sites is 1. The molecule has 5 heteroatoms. The Balaban J connectivity index is 1.77. The van der Waals surface area contributed by atoms with Crippen LogP contribution in [0.2, 0.25) is 0 Å². The summed E-state index contributed by atoms with van der Waals surface area (Å²) < 4.78 is 13.8. The number of benzene rings is 3. The van der Waals surface area contributed by atoms with Gasteiger partial charge in [-0.3, -0.25) is 9.59 Å². The molecule has 3 rings (SSSR count). The van der Waals surface area contributed by atoms with Crippen molar-refractivity contribution in [1.82, 2.24) is 4.90 Å². The summed E-state index contributed by atoms with van der Waals surface area (Å²) in [6, 6.07) is 22.1. The Morgan fingerprint density at radius 3 is 2.29 bits per heavy atom. The molecule has 0 unspecified atom stereocenters. The second-order valence-electron chi connectivity index (χ2n) is 6.32. The molecule has 0 bridgehead atoms. The minimum atomic E-state index is -0.511. The molecule has 0 fully saturated rings. The zero-order valence-corrected chi connectivity index (χ0v) is 15.6. The number of anilines is 1. The Kier molecular flexibility index (Phi) is 6.17. The van der Waals surface area contributed by atoms with E-state index >= 15 is 0 Å². The number of halogens is 1. The van der Waals surface area contributed by atoms with Crippen molar-refractivity contribution in [1.29, 1.82) is 0 Å². The fraction of sp³-hybridized carbons (Fsp3) is 0.130. The van der Waals surface area contributed by atoms with Gasteiger partial charge in [0.2, 0.25) is 0 Å². The molecule has 3 aromatic rings. The number of nitrogens with one attached hydrogen (secondary N) is 1. The SMILES string of the molecule is CCN(Cc1ccccc1)C(=O)c1cccc(C(=O)Nc2ccccc2F)c1. The highest BCUT2D eigenvalue weighted by molar-refractivity contribution is 6.06. The highest BCUT2D eigenvalue weighted by atomic mass is 19.1. The minimum Gasteiger partial charge on any atom is -0.335 e. The van der Waals surface area contributed by atoms with Gasteiger partial charge in [-0.2, -0.15) is 0 Å². The Hall–Kier alpha value is -3.47. The minimum absolute atomic E-state index is 0.100. The summed E-state index contributed by atoms with van der Waals surface area (Å²) in [5, 5.41) is 2.54. The lowest BCUT2D eigenvalue weighted by atomic mass is 10.1. The molecule has 2 amide bonds. The quantitative estimate of drug-likeness (QED) is 0.675. The van der Waals surface area contributed by atoms with E-state index in [0.717, 1.165) is 5.56 Å². The molecule has 0 aliphatic heterocycles. The van der Waals surface area contributed by atoms with E-state index in [1.807, 2.05) is 37.3 Å². The molecule has 4 nitrogen and oxygen atoms in total. The molecule has 142 valence electrons. The number of rotatable bonds is 6. The first-order valence-corrected chi connectivity index (χ1v) is 9.07. The van der Waals surface area contributed by atoms with Crippen molar-refractivity contribution in [3.8, 4) is 0 Å². The number of hydrogen-bond donors (Lipinski definition) is 1. The highest BCUT2D eigenvalue weighted by Gasteiger charge is 2.17. The van der Waals surface area contributed by atoms with Crippen molar-refractivity contribution in [3.05, 3.63) is 101 Å². The fourth-order valence-electron chi connectivity index (χ4n) is 2.86. The van der Waals surface area contributed by atoms with Crippen LogP contribution >= 0.6 is 0 Å². The van der Waals surface area contributed by atoms with Crippen LogP contribution < -0.4 is 5.32 Å². The summed E-state index contributed by atoms with van der Waals surface area (Å²) >= 11 is 0. The smallest absolute Gasteiger partial charge is 0.255 e. The topological polar surface area (TPSA) is 49.4 Å². The predicted octanol–water partition coefficient (Wildman–Crippen LogP) is 4.74. The molecular formula is C23H21FN2O2. The monoisotopic (exact) mass is 376 g/mol. The Bertz CT molecular complexity index is 973. The molecule has 3 aromatic carbocycles. The summed E-state index contributed by atoms with van der Waals surface area (Å²) in [6.07, 6.45) is 0. The molecule has 0 saturated carbocycles. The van der Waals surface area contributed by atoms with Gasteiger partial charge >= 0.3 is 0 Å². The number of nitrogens with zero attached hydrogens (tertiary/aromatic N) is 1. The average Bonchev–Trinajstić information content (AvgIpc) is 2.74. The van der Waals surface area contributed by atoms with Crippen LogP contribution in [-0.4, -0.2) is 23.3 Å². The van der Waals surface area contributed by atoms with E-state index < -0.39 is 11.7 Å². The van der Waals surface area contributed by atoms with Crippen molar-refractivity contribution < 1.29 is 14.0 Å². The van der Waals surface area contributed by atoms with Crippen LogP contribution in [0.4, 0.5) is 10.1 Å². The van der Waals surface area contributed by atoms with Crippen molar-refractivity contribution in [2.45, 2.75) is 13.5 Å². The Morgan fingerprint density at radius 2 is 1.57 bits per heavy atom. The summed E-state index contributed by atoms with van der Waals surface area (Å²) in [6.45, 7) is 2.94. The van der Waals surface area contributed by atoms with Crippen LogP contribution in [0.15, 0.2) is 78.9 Å². The lowest BCUT2D eigenvalue weighted by Crippen LogP contribution is -2.30. The van der Waals surface area contributed by atoms with Crippen molar-refractivity contribution >= 4 is 17.5 Å². The molecule has 0 saturated heterocycles. The molecule has 0 aliphatic rings. The average molecular weight is 376 g/mol. The van der Waals surface area contributed by atoms with Crippen LogP contribution in [0.5, 0.6) is 0 Å². The van der Waals surface area contributed by atoms with E-state index in [1.165, 1.54) is 18.2 Å². The molecule has 0 heterocycles. The number of carbonyl (C=O) groups excluding carboxylic acids is 2. The van der Waals surface area contributed by atoms with Gasteiger partial charge in [-0.15, -0.1) is 0 Å². The van der Waals surface area contributed by atoms with Crippen LogP contribution in [0.25, 0.3) is 0 Å². The van der Waals surface area contributed by atoms with E-state index in [2.05, 4.69) is 5.32 Å². The standard InChI is InChI=1S/C23H21FN2O2/c1-2-26(16-17-9-4-3-5-10-17)23(28)19-12-8-11-18(15-19)22(27)25-21-14-7-6-13-20(21)24/h3-15H,2,16H2,1H3,(H,25,27). The number of carbonyl (C=O) groups is 2. The summed E-state index contributed by atoms with van der Waals surface area (Å²) in [5.74, 6) is -1.14. The highest BCUT2D eigenvalue weighted by Crippen LogP contribution is 2.16. The predicted molar refractivity (Wildman–Crippen MR) is 108 cm³/mol. The maximum absolute atomic E-state index is 13.8. The maximum atomic E-state index is 13.8. The molecule has 0 aliphatic carbocycles. The third kappa shape index (κ3) is 4.62. The maximum Gasteiger partial charge on any atom is 0.255 e. The lowest BCUT2D eigenvalue weighted by molar-refractivity contribution is 0.0752. The number of hydrogen-bond acceptors (Lipinski definition) is 2. The second-order valence-corrected chi connectivity index (χ2v) is 6.32. The first kappa shape index (κ1) is 19.3. The fourth-order valence-corrected chi connectivity index (χ4v) is 2.86. The van der Waals surface area contributed by atoms with Gasteiger partial charge in [0.15, 0.2) is 0 Å². The first-order chi connectivity index (χ1) is 13.6.